The monoisotopic (exact) mass is 286 g/mol. The molecule has 1 aromatic carbocycles. The van der Waals surface area contributed by atoms with Crippen LogP contribution >= 0.6 is 0 Å². The summed E-state index contributed by atoms with van der Waals surface area (Å²) < 4.78 is 13.7. The molecular weight excluding hydrogens is 275 g/mol. The molecule has 1 N–H and O–H groups in total. The molecule has 1 unspecified atom stereocenters. The molecule has 0 saturated carbocycles. The highest BCUT2D eigenvalue weighted by Gasteiger charge is 2.39. The van der Waals surface area contributed by atoms with E-state index in [0.717, 1.165) is 16.7 Å². The zero-order valence-corrected chi connectivity index (χ0v) is 10.9. The second-order valence-corrected chi connectivity index (χ2v) is 4.72. The van der Waals surface area contributed by atoms with Gasteiger partial charge in [-0.3, -0.25) is 14.7 Å². The topological polar surface area (TPSA) is 70.5 Å². The number of nitrogens with zero attached hydrogens (tertiary/aromatic N) is 2. The molecule has 0 bridgehead atoms. The van der Waals surface area contributed by atoms with Crippen molar-refractivity contribution in [2.45, 2.75) is 12.5 Å². The standard InChI is InChI=1S/C15H11FN2O3/c16-11-8-17-6-5-10(11)14(19)18-12-4-2-1-3-9(12)7-13(18)15(20)21/h1-6,8,13H,7H2,(H,20,21). The van der Waals surface area contributed by atoms with Gasteiger partial charge in [0, 0.05) is 18.3 Å². The molecule has 106 valence electrons. The SMILES string of the molecule is O=C(O)C1Cc2ccccc2N1C(=O)c1ccncc1F. The van der Waals surface area contributed by atoms with Crippen LogP contribution in [-0.4, -0.2) is 28.0 Å². The number of aromatic nitrogens is 1. The van der Waals surface area contributed by atoms with Gasteiger partial charge in [0.1, 0.15) is 6.04 Å². The van der Waals surface area contributed by atoms with Crippen LogP contribution in [0.3, 0.4) is 0 Å². The number of carboxylic acids is 1. The lowest BCUT2D eigenvalue weighted by Crippen LogP contribution is -2.43. The number of benzene rings is 1. The van der Waals surface area contributed by atoms with Crippen molar-refractivity contribution in [1.29, 1.82) is 0 Å². The van der Waals surface area contributed by atoms with E-state index in [2.05, 4.69) is 4.98 Å². The first-order chi connectivity index (χ1) is 10.1. The van der Waals surface area contributed by atoms with Crippen LogP contribution < -0.4 is 4.90 Å². The number of anilines is 1. The minimum Gasteiger partial charge on any atom is -0.480 e. The molecule has 21 heavy (non-hydrogen) atoms. The van der Waals surface area contributed by atoms with Crippen molar-refractivity contribution in [3.8, 4) is 0 Å². The fraction of sp³-hybridized carbons (Fsp3) is 0.133. The van der Waals surface area contributed by atoms with Crippen molar-refractivity contribution in [1.82, 2.24) is 4.98 Å². The van der Waals surface area contributed by atoms with E-state index in [1.54, 1.807) is 24.3 Å². The van der Waals surface area contributed by atoms with Crippen molar-refractivity contribution in [2.75, 3.05) is 4.90 Å². The highest BCUT2D eigenvalue weighted by Crippen LogP contribution is 2.33. The lowest BCUT2D eigenvalue weighted by atomic mass is 10.1. The molecule has 1 aliphatic rings. The number of para-hydroxylation sites is 1. The van der Waals surface area contributed by atoms with Gasteiger partial charge in [0.25, 0.3) is 5.91 Å². The van der Waals surface area contributed by atoms with Crippen LogP contribution in [0.15, 0.2) is 42.7 Å². The number of pyridine rings is 1. The average molecular weight is 286 g/mol. The Morgan fingerprint density at radius 3 is 2.76 bits per heavy atom. The molecule has 0 aliphatic carbocycles. The van der Waals surface area contributed by atoms with E-state index in [1.165, 1.54) is 12.3 Å². The summed E-state index contributed by atoms with van der Waals surface area (Å²) in [5.74, 6) is -2.56. The maximum atomic E-state index is 13.7. The van der Waals surface area contributed by atoms with Crippen molar-refractivity contribution < 1.29 is 19.1 Å². The summed E-state index contributed by atoms with van der Waals surface area (Å²) in [6, 6.07) is 7.14. The highest BCUT2D eigenvalue weighted by atomic mass is 19.1. The van der Waals surface area contributed by atoms with Crippen molar-refractivity contribution in [2.24, 2.45) is 0 Å². The van der Waals surface area contributed by atoms with Crippen LogP contribution in [0.4, 0.5) is 10.1 Å². The van der Waals surface area contributed by atoms with E-state index in [0.29, 0.717) is 5.69 Å². The smallest absolute Gasteiger partial charge is 0.327 e. The molecule has 2 aromatic rings. The second kappa shape index (κ2) is 4.97. The molecule has 0 spiro atoms. The summed E-state index contributed by atoms with van der Waals surface area (Å²) in [7, 11) is 0. The third kappa shape index (κ3) is 2.14. The number of hydrogen-bond acceptors (Lipinski definition) is 3. The maximum Gasteiger partial charge on any atom is 0.327 e. The van der Waals surface area contributed by atoms with Crippen LogP contribution in [-0.2, 0) is 11.2 Å². The molecule has 1 aromatic heterocycles. The number of amides is 1. The number of rotatable bonds is 2. The van der Waals surface area contributed by atoms with Gasteiger partial charge >= 0.3 is 5.97 Å². The number of carboxylic acid groups (broad SMARTS) is 1. The Morgan fingerprint density at radius 2 is 2.05 bits per heavy atom. The Kier molecular flexibility index (Phi) is 3.13. The van der Waals surface area contributed by atoms with Gasteiger partial charge in [-0.1, -0.05) is 18.2 Å². The first-order valence-corrected chi connectivity index (χ1v) is 6.33. The number of carbonyl (C=O) groups excluding carboxylic acids is 1. The van der Waals surface area contributed by atoms with E-state index in [9.17, 15) is 19.1 Å². The summed E-state index contributed by atoms with van der Waals surface area (Å²) in [5, 5.41) is 9.32. The zero-order chi connectivity index (χ0) is 15.0. The first kappa shape index (κ1) is 13.2. The summed E-state index contributed by atoms with van der Waals surface area (Å²) in [6.45, 7) is 0. The van der Waals surface area contributed by atoms with Gasteiger partial charge in [-0.15, -0.1) is 0 Å². The van der Waals surface area contributed by atoms with Crippen molar-refractivity contribution >= 4 is 17.6 Å². The second-order valence-electron chi connectivity index (χ2n) is 4.72. The van der Waals surface area contributed by atoms with E-state index >= 15 is 0 Å². The van der Waals surface area contributed by atoms with Crippen molar-refractivity contribution in [3.63, 3.8) is 0 Å². The van der Waals surface area contributed by atoms with E-state index < -0.39 is 23.7 Å². The Labute approximate surface area is 119 Å². The fourth-order valence-electron chi connectivity index (χ4n) is 2.51. The van der Waals surface area contributed by atoms with Crippen LogP contribution in [0.5, 0.6) is 0 Å². The molecule has 0 fully saturated rings. The fourth-order valence-corrected chi connectivity index (χ4v) is 2.51. The van der Waals surface area contributed by atoms with Crippen LogP contribution in [0.25, 0.3) is 0 Å². The van der Waals surface area contributed by atoms with Gasteiger partial charge in [0.05, 0.1) is 11.8 Å². The average Bonchev–Trinajstić information content (AvgIpc) is 2.86. The maximum absolute atomic E-state index is 13.7. The van der Waals surface area contributed by atoms with Gasteiger partial charge in [-0.2, -0.15) is 0 Å². The van der Waals surface area contributed by atoms with Crippen molar-refractivity contribution in [3.05, 3.63) is 59.7 Å². The predicted molar refractivity (Wildman–Crippen MR) is 72.6 cm³/mol. The molecule has 1 aliphatic heterocycles. The van der Waals surface area contributed by atoms with Gasteiger partial charge in [0.2, 0.25) is 0 Å². The van der Waals surface area contributed by atoms with Crippen LogP contribution in [0, 0.1) is 5.82 Å². The van der Waals surface area contributed by atoms with Gasteiger partial charge in [0.15, 0.2) is 5.82 Å². The summed E-state index contributed by atoms with van der Waals surface area (Å²) in [5.41, 5.74) is 1.08. The first-order valence-electron chi connectivity index (χ1n) is 6.33. The van der Waals surface area contributed by atoms with Crippen LogP contribution in [0.1, 0.15) is 15.9 Å². The highest BCUT2D eigenvalue weighted by molar-refractivity contribution is 6.10. The summed E-state index contributed by atoms with van der Waals surface area (Å²) >= 11 is 0. The normalized spacial score (nSPS) is 16.6. The molecule has 0 radical (unpaired) electrons. The summed E-state index contributed by atoms with van der Waals surface area (Å²) in [4.78, 5) is 28.7. The van der Waals surface area contributed by atoms with E-state index in [-0.39, 0.29) is 12.0 Å². The Bertz CT molecular complexity index is 732. The lowest BCUT2D eigenvalue weighted by molar-refractivity contribution is -0.138. The predicted octanol–water partition coefficient (Wildman–Crippen LogP) is 1.88. The molecular formula is C15H11FN2O3. The Hall–Kier alpha value is -2.76. The van der Waals surface area contributed by atoms with Crippen LogP contribution in [0.2, 0.25) is 0 Å². The molecule has 1 atom stereocenters. The Morgan fingerprint density at radius 1 is 1.29 bits per heavy atom. The quantitative estimate of drug-likeness (QED) is 0.915. The van der Waals surface area contributed by atoms with Gasteiger partial charge in [-0.25, -0.2) is 9.18 Å². The molecule has 3 rings (SSSR count). The summed E-state index contributed by atoms with van der Waals surface area (Å²) in [6.07, 6.45) is 2.45. The number of aliphatic carboxylic acids is 1. The van der Waals surface area contributed by atoms with E-state index in [1.807, 2.05) is 0 Å². The Balaban J connectivity index is 2.08. The van der Waals surface area contributed by atoms with E-state index in [4.69, 9.17) is 0 Å². The zero-order valence-electron chi connectivity index (χ0n) is 10.9. The van der Waals surface area contributed by atoms with Gasteiger partial charge in [-0.05, 0) is 17.7 Å². The molecule has 0 saturated heterocycles. The largest absolute Gasteiger partial charge is 0.480 e. The minimum atomic E-state index is -1.12. The molecule has 6 heteroatoms. The molecule has 5 nitrogen and oxygen atoms in total. The lowest BCUT2D eigenvalue weighted by Gasteiger charge is -2.22. The number of hydrogen-bond donors (Lipinski definition) is 1. The molecule has 2 heterocycles. The number of halogens is 1. The molecule has 1 amide bonds. The third-order valence-corrected chi connectivity index (χ3v) is 3.48. The minimum absolute atomic E-state index is 0.187. The van der Waals surface area contributed by atoms with Gasteiger partial charge < -0.3 is 5.11 Å². The third-order valence-electron chi connectivity index (χ3n) is 3.48. The number of carbonyl (C=O) groups is 2. The number of fused-ring (bicyclic) bond motifs is 1.